The molecule has 0 aliphatic carbocycles. The van der Waals surface area contributed by atoms with Gasteiger partial charge < -0.3 is 14.8 Å². The third kappa shape index (κ3) is 25.9. The second kappa shape index (κ2) is 40.3. The summed E-state index contributed by atoms with van der Waals surface area (Å²) in [6.07, 6.45) is 45.9. The largest absolute Gasteiger partial charge is 0.462 e. The smallest absolute Gasteiger partial charge is 0.338 e. The number of unbranched alkanes of at least 4 members (excludes halogenated alkanes) is 30. The molecule has 0 unspecified atom stereocenters. The molecule has 8 nitrogen and oxygen atoms in total. The Kier molecular flexibility index (Phi) is 31.6. The number of esters is 2. The van der Waals surface area contributed by atoms with Crippen molar-refractivity contribution in [1.82, 2.24) is 9.38 Å². The highest BCUT2D eigenvalue weighted by molar-refractivity contribution is 5.90. The van der Waals surface area contributed by atoms with Crippen LogP contribution in [0.4, 0.5) is 17.2 Å². The van der Waals surface area contributed by atoms with Gasteiger partial charge in [0.25, 0.3) is 0 Å². The Morgan fingerprint density at radius 2 is 0.768 bits per heavy atom. The number of fused-ring (bicyclic) bond motifs is 1. The summed E-state index contributed by atoms with van der Waals surface area (Å²) in [6.45, 7) is 5.48. The Bertz CT molecular complexity index is 2920. The molecule has 0 atom stereocenters. The van der Waals surface area contributed by atoms with Gasteiger partial charge in [-0.15, -0.1) is 0 Å². The summed E-state index contributed by atoms with van der Waals surface area (Å²) in [5.74, 6) is 13.0. The molecule has 0 aliphatic heterocycles. The topological polar surface area (TPSA) is 94.3 Å². The van der Waals surface area contributed by atoms with Crippen LogP contribution in [0.3, 0.4) is 0 Å². The standard InChI is InChI=1S/C74H96N4O4/c1-3-5-7-9-11-13-15-17-19-21-23-25-27-29-31-35-59-81-73(79)66-50-42-62(43-51-66)38-40-64-46-54-68(55-47-64)76-71-72(78-58-34-33-37-70(78)61-75-71)77-69-56-48-65(49-57-69)41-39-63-44-52-67(53-45-63)74(80)82-60-36-32-30-28-26-24-22-20-18-16-14-12-10-8-6-4-2/h33-34,37,42-58,61H,3-32,35-36,59-60H2,1-2H3,(H,75,76). The monoisotopic (exact) mass is 1100 g/mol. The number of hydrogen-bond donors (Lipinski definition) is 1. The molecule has 4 aromatic carbocycles. The van der Waals surface area contributed by atoms with Crippen molar-refractivity contribution < 1.29 is 19.1 Å². The zero-order valence-electron chi connectivity index (χ0n) is 50.1. The normalized spacial score (nSPS) is 11.2. The molecule has 2 heterocycles. The SMILES string of the molecule is CCCCCCCCCCCCCCCCCCOC(=O)c1ccc(C#Cc2ccc(N=c3c(Nc4ccc(C#Cc5ccc(C(=O)OCCCCCCCCCCCCCCCCCC)cc5)cc4)ncc4ccccn34)cc2)cc1. The number of benzene rings is 4. The van der Waals surface area contributed by atoms with Gasteiger partial charge in [-0.1, -0.05) is 236 Å². The van der Waals surface area contributed by atoms with Gasteiger partial charge in [0, 0.05) is 34.1 Å². The third-order valence-corrected chi connectivity index (χ3v) is 15.3. The van der Waals surface area contributed by atoms with Crippen molar-refractivity contribution in [2.75, 3.05) is 18.5 Å². The number of hydrogen-bond acceptors (Lipinski definition) is 7. The highest BCUT2D eigenvalue weighted by atomic mass is 16.5. The lowest BCUT2D eigenvalue weighted by molar-refractivity contribution is 0.0488. The number of rotatable bonds is 39. The van der Waals surface area contributed by atoms with E-state index in [0.29, 0.717) is 35.6 Å². The predicted octanol–water partition coefficient (Wildman–Crippen LogP) is 19.9. The highest BCUT2D eigenvalue weighted by Gasteiger charge is 2.10. The number of carbonyl (C=O) groups is 2. The van der Waals surface area contributed by atoms with Crippen molar-refractivity contribution in [1.29, 1.82) is 0 Å². The average molecular weight is 1110 g/mol. The van der Waals surface area contributed by atoms with Gasteiger partial charge in [-0.2, -0.15) is 0 Å². The predicted molar refractivity (Wildman–Crippen MR) is 341 cm³/mol. The lowest BCUT2D eigenvalue weighted by Gasteiger charge is -2.10. The minimum absolute atomic E-state index is 0.284. The van der Waals surface area contributed by atoms with E-state index in [0.717, 1.165) is 64.8 Å². The second-order valence-corrected chi connectivity index (χ2v) is 22.3. The van der Waals surface area contributed by atoms with Crippen molar-refractivity contribution in [2.24, 2.45) is 4.99 Å². The van der Waals surface area contributed by atoms with Crippen LogP contribution in [0, 0.1) is 23.7 Å². The maximum Gasteiger partial charge on any atom is 0.338 e. The number of nitrogens with zero attached hydrogens (tertiary/aromatic N) is 3. The van der Waals surface area contributed by atoms with Gasteiger partial charge in [0.05, 0.1) is 41.7 Å². The number of pyridine rings is 1. The van der Waals surface area contributed by atoms with Gasteiger partial charge in [0.1, 0.15) is 0 Å². The van der Waals surface area contributed by atoms with E-state index in [1.165, 1.54) is 180 Å². The molecule has 0 fully saturated rings. The van der Waals surface area contributed by atoms with Crippen LogP contribution in [0.1, 0.15) is 262 Å². The molecule has 2 aromatic heterocycles. The van der Waals surface area contributed by atoms with Crippen LogP contribution >= 0.6 is 0 Å². The van der Waals surface area contributed by atoms with Crippen molar-refractivity contribution in [3.05, 3.63) is 167 Å². The maximum atomic E-state index is 12.7. The van der Waals surface area contributed by atoms with E-state index in [-0.39, 0.29) is 11.9 Å². The summed E-state index contributed by atoms with van der Waals surface area (Å²) in [4.78, 5) is 35.3. The van der Waals surface area contributed by atoms with Gasteiger partial charge in [-0.25, -0.2) is 19.6 Å². The molecule has 436 valence electrons. The van der Waals surface area contributed by atoms with Gasteiger partial charge in [0.2, 0.25) is 0 Å². The van der Waals surface area contributed by atoms with Crippen molar-refractivity contribution in [3.63, 3.8) is 0 Å². The van der Waals surface area contributed by atoms with E-state index in [9.17, 15) is 9.59 Å². The fraction of sp³-hybridized carbons (Fsp3) is 0.486. The molecule has 82 heavy (non-hydrogen) atoms. The molecule has 0 saturated heterocycles. The maximum absolute atomic E-state index is 12.7. The van der Waals surface area contributed by atoms with E-state index in [4.69, 9.17) is 19.5 Å². The van der Waals surface area contributed by atoms with Crippen LogP contribution in [-0.4, -0.2) is 34.5 Å². The van der Waals surface area contributed by atoms with Crippen LogP contribution in [0.25, 0.3) is 5.52 Å². The Labute approximate surface area is 493 Å². The van der Waals surface area contributed by atoms with E-state index in [1.54, 1.807) is 24.3 Å². The first kappa shape index (κ1) is 64.3. The van der Waals surface area contributed by atoms with Crippen LogP contribution in [0.5, 0.6) is 0 Å². The molecule has 6 rings (SSSR count). The fourth-order valence-electron chi connectivity index (χ4n) is 10.2. The molecule has 0 radical (unpaired) electrons. The number of carbonyl (C=O) groups excluding carboxylic acids is 2. The van der Waals surface area contributed by atoms with Gasteiger partial charge in [0.15, 0.2) is 11.3 Å². The van der Waals surface area contributed by atoms with E-state index in [2.05, 4.69) is 42.8 Å². The molecule has 6 aromatic rings. The summed E-state index contributed by atoms with van der Waals surface area (Å²) in [5.41, 5.74) is 7.58. The van der Waals surface area contributed by atoms with Crippen LogP contribution in [-0.2, 0) is 9.47 Å². The van der Waals surface area contributed by atoms with E-state index in [1.807, 2.05) is 108 Å². The lowest BCUT2D eigenvalue weighted by atomic mass is 10.0. The Morgan fingerprint density at radius 3 is 1.15 bits per heavy atom. The van der Waals surface area contributed by atoms with E-state index < -0.39 is 0 Å². The number of anilines is 2. The number of aromatic nitrogens is 2. The van der Waals surface area contributed by atoms with E-state index >= 15 is 0 Å². The van der Waals surface area contributed by atoms with Crippen molar-refractivity contribution >= 4 is 34.6 Å². The van der Waals surface area contributed by atoms with Crippen molar-refractivity contribution in [2.45, 2.75) is 219 Å². The van der Waals surface area contributed by atoms with Crippen molar-refractivity contribution in [3.8, 4) is 23.7 Å². The summed E-state index contributed by atoms with van der Waals surface area (Å²) in [6, 6.07) is 36.3. The Morgan fingerprint density at radius 1 is 0.427 bits per heavy atom. The number of ether oxygens (including phenoxy) is 2. The van der Waals surface area contributed by atoms with Crippen LogP contribution < -0.4 is 10.8 Å². The lowest BCUT2D eigenvalue weighted by Crippen LogP contribution is -2.20. The molecule has 0 saturated carbocycles. The molecule has 0 spiro atoms. The minimum Gasteiger partial charge on any atom is -0.462 e. The molecule has 0 amide bonds. The summed E-state index contributed by atoms with van der Waals surface area (Å²) >= 11 is 0. The molecular formula is C74H96N4O4. The summed E-state index contributed by atoms with van der Waals surface area (Å²) in [5, 5.41) is 3.47. The third-order valence-electron chi connectivity index (χ3n) is 15.3. The van der Waals surface area contributed by atoms with Gasteiger partial charge in [-0.05, 0) is 122 Å². The molecule has 0 aliphatic rings. The highest BCUT2D eigenvalue weighted by Crippen LogP contribution is 2.20. The molecule has 1 N–H and O–H groups in total. The van der Waals surface area contributed by atoms with Gasteiger partial charge >= 0.3 is 11.9 Å². The fourth-order valence-corrected chi connectivity index (χ4v) is 10.2. The molecule has 0 bridgehead atoms. The number of nitrogens with one attached hydrogen (secondary N) is 1. The second-order valence-electron chi connectivity index (χ2n) is 22.3. The quantitative estimate of drug-likeness (QED) is 0.0235. The first-order chi connectivity index (χ1) is 40.5. The summed E-state index contributed by atoms with van der Waals surface area (Å²) in [7, 11) is 0. The minimum atomic E-state index is -0.285. The first-order valence-corrected chi connectivity index (χ1v) is 32.1. The van der Waals surface area contributed by atoms with Gasteiger partial charge in [-0.3, -0.25) is 4.40 Å². The van der Waals surface area contributed by atoms with Crippen LogP contribution in [0.2, 0.25) is 0 Å². The Hall–Kier alpha value is -6.90. The molecule has 8 heteroatoms. The first-order valence-electron chi connectivity index (χ1n) is 32.1. The average Bonchev–Trinajstić information content (AvgIpc) is 3.66. The van der Waals surface area contributed by atoms with Crippen LogP contribution in [0.15, 0.2) is 133 Å². The Balaban J connectivity index is 0.881. The molecular weight excluding hydrogens is 1010 g/mol. The summed E-state index contributed by atoms with van der Waals surface area (Å²) < 4.78 is 13.2. The zero-order valence-corrected chi connectivity index (χ0v) is 50.1. The zero-order chi connectivity index (χ0) is 57.3.